The SMILES string of the molecule is O=C(CCN1CCSCC1)Nc1cc(S(=O)(=O)N2CCCC2)ccc1Cl. The van der Waals surface area contributed by atoms with Gasteiger partial charge in [-0.2, -0.15) is 16.1 Å². The van der Waals surface area contributed by atoms with Crippen molar-refractivity contribution in [1.29, 1.82) is 0 Å². The van der Waals surface area contributed by atoms with E-state index in [1.54, 1.807) is 0 Å². The number of nitrogens with one attached hydrogen (secondary N) is 1. The number of amides is 1. The van der Waals surface area contributed by atoms with E-state index in [0.717, 1.165) is 37.4 Å². The second kappa shape index (κ2) is 8.93. The van der Waals surface area contributed by atoms with Gasteiger partial charge in [0, 0.05) is 50.7 Å². The highest BCUT2D eigenvalue weighted by Gasteiger charge is 2.27. The quantitative estimate of drug-likeness (QED) is 0.770. The van der Waals surface area contributed by atoms with E-state index >= 15 is 0 Å². The Labute approximate surface area is 164 Å². The molecule has 1 N–H and O–H groups in total. The summed E-state index contributed by atoms with van der Waals surface area (Å²) in [5.74, 6) is 2.05. The first-order valence-corrected chi connectivity index (χ1v) is 11.8. The molecule has 0 aliphatic carbocycles. The number of carbonyl (C=O) groups is 1. The number of halogens is 1. The van der Waals surface area contributed by atoms with Crippen LogP contribution in [0.1, 0.15) is 19.3 Å². The molecule has 0 radical (unpaired) electrons. The lowest BCUT2D eigenvalue weighted by Crippen LogP contribution is -2.35. The van der Waals surface area contributed by atoms with Gasteiger partial charge in [0.15, 0.2) is 0 Å². The summed E-state index contributed by atoms with van der Waals surface area (Å²) < 4.78 is 26.8. The highest BCUT2D eigenvalue weighted by molar-refractivity contribution is 7.99. The van der Waals surface area contributed by atoms with Crippen molar-refractivity contribution in [3.8, 4) is 0 Å². The normalized spacial score (nSPS) is 19.6. The van der Waals surface area contributed by atoms with Gasteiger partial charge in [-0.1, -0.05) is 11.6 Å². The third-order valence-electron chi connectivity index (χ3n) is 4.67. The Morgan fingerprint density at radius 1 is 1.15 bits per heavy atom. The Morgan fingerprint density at radius 2 is 1.85 bits per heavy atom. The molecule has 3 rings (SSSR count). The van der Waals surface area contributed by atoms with Crippen LogP contribution in [0.2, 0.25) is 5.02 Å². The van der Waals surface area contributed by atoms with Crippen LogP contribution < -0.4 is 5.32 Å². The standard InChI is InChI=1S/C17H24ClN3O3S2/c18-15-4-3-14(26(23,24)21-6-1-2-7-21)13-16(15)19-17(22)5-8-20-9-11-25-12-10-20/h3-4,13H,1-2,5-12H2,(H,19,22). The van der Waals surface area contributed by atoms with Crippen molar-refractivity contribution >= 4 is 45.0 Å². The maximum atomic E-state index is 12.7. The predicted octanol–water partition coefficient (Wildman–Crippen LogP) is 2.50. The van der Waals surface area contributed by atoms with Crippen LogP contribution in [0.3, 0.4) is 0 Å². The minimum Gasteiger partial charge on any atom is -0.325 e. The van der Waals surface area contributed by atoms with Crippen molar-refractivity contribution in [2.24, 2.45) is 0 Å². The molecule has 2 fully saturated rings. The lowest BCUT2D eigenvalue weighted by molar-refractivity contribution is -0.116. The summed E-state index contributed by atoms with van der Waals surface area (Å²) in [5.41, 5.74) is 0.353. The van der Waals surface area contributed by atoms with E-state index in [1.165, 1.54) is 22.5 Å². The summed E-state index contributed by atoms with van der Waals surface area (Å²) in [4.78, 5) is 14.7. The van der Waals surface area contributed by atoms with Crippen molar-refractivity contribution in [1.82, 2.24) is 9.21 Å². The van der Waals surface area contributed by atoms with Crippen molar-refractivity contribution in [3.63, 3.8) is 0 Å². The lowest BCUT2D eigenvalue weighted by Gasteiger charge is -2.25. The molecule has 1 aromatic rings. The fourth-order valence-corrected chi connectivity index (χ4v) is 5.82. The third kappa shape index (κ3) is 4.92. The Balaban J connectivity index is 1.64. The van der Waals surface area contributed by atoms with E-state index < -0.39 is 10.0 Å². The molecule has 6 nitrogen and oxygen atoms in total. The van der Waals surface area contributed by atoms with Gasteiger partial charge < -0.3 is 10.2 Å². The number of anilines is 1. The number of carbonyl (C=O) groups excluding carboxylic acids is 1. The first-order valence-electron chi connectivity index (χ1n) is 8.86. The zero-order chi connectivity index (χ0) is 18.6. The molecule has 0 atom stereocenters. The van der Waals surface area contributed by atoms with Crippen LogP contribution in [0.15, 0.2) is 23.1 Å². The van der Waals surface area contributed by atoms with Crippen LogP contribution in [-0.2, 0) is 14.8 Å². The highest BCUT2D eigenvalue weighted by Crippen LogP contribution is 2.28. The second-order valence-electron chi connectivity index (χ2n) is 6.51. The monoisotopic (exact) mass is 417 g/mol. The predicted molar refractivity (Wildman–Crippen MR) is 106 cm³/mol. The van der Waals surface area contributed by atoms with Gasteiger partial charge in [0.25, 0.3) is 0 Å². The number of hydrogen-bond donors (Lipinski definition) is 1. The second-order valence-corrected chi connectivity index (χ2v) is 10.1. The number of sulfonamides is 1. The van der Waals surface area contributed by atoms with E-state index in [0.29, 0.717) is 36.8 Å². The van der Waals surface area contributed by atoms with E-state index in [4.69, 9.17) is 11.6 Å². The topological polar surface area (TPSA) is 69.7 Å². The molecule has 9 heteroatoms. The average molecular weight is 418 g/mol. The minimum absolute atomic E-state index is 0.152. The fourth-order valence-electron chi connectivity index (χ4n) is 3.14. The van der Waals surface area contributed by atoms with Crippen LogP contribution >= 0.6 is 23.4 Å². The number of thioether (sulfide) groups is 1. The number of rotatable bonds is 6. The molecule has 2 aliphatic heterocycles. The molecular weight excluding hydrogens is 394 g/mol. The van der Waals surface area contributed by atoms with Crippen molar-refractivity contribution < 1.29 is 13.2 Å². The molecule has 2 aliphatic rings. The lowest BCUT2D eigenvalue weighted by atomic mass is 10.3. The Hall–Kier alpha value is -0.800. The van der Waals surface area contributed by atoms with Gasteiger partial charge in [0.05, 0.1) is 15.6 Å². The maximum Gasteiger partial charge on any atom is 0.243 e. The summed E-state index contributed by atoms with van der Waals surface area (Å²) in [5, 5.41) is 3.11. The van der Waals surface area contributed by atoms with Crippen LogP contribution in [-0.4, -0.2) is 67.8 Å². The van der Waals surface area contributed by atoms with Crippen molar-refractivity contribution in [3.05, 3.63) is 23.2 Å². The summed E-state index contributed by atoms with van der Waals surface area (Å²) in [7, 11) is -3.53. The van der Waals surface area contributed by atoms with Crippen LogP contribution in [0, 0.1) is 0 Å². The Morgan fingerprint density at radius 3 is 2.54 bits per heavy atom. The minimum atomic E-state index is -3.53. The first-order chi connectivity index (χ1) is 12.5. The molecule has 1 amide bonds. The summed E-state index contributed by atoms with van der Waals surface area (Å²) in [6.07, 6.45) is 2.13. The summed E-state index contributed by atoms with van der Waals surface area (Å²) in [6, 6.07) is 4.49. The van der Waals surface area contributed by atoms with Crippen molar-refractivity contribution in [2.45, 2.75) is 24.2 Å². The van der Waals surface area contributed by atoms with Crippen LogP contribution in [0.4, 0.5) is 5.69 Å². The molecule has 2 saturated heterocycles. The van der Waals surface area contributed by atoms with Gasteiger partial charge in [-0.05, 0) is 31.0 Å². The molecule has 0 bridgehead atoms. The van der Waals surface area contributed by atoms with Gasteiger partial charge >= 0.3 is 0 Å². The highest BCUT2D eigenvalue weighted by atomic mass is 35.5. The summed E-state index contributed by atoms with van der Waals surface area (Å²) in [6.45, 7) is 3.79. The van der Waals surface area contributed by atoms with E-state index in [2.05, 4.69) is 10.2 Å². The van der Waals surface area contributed by atoms with Gasteiger partial charge in [0.1, 0.15) is 0 Å². The first kappa shape index (κ1) is 19.9. The van der Waals surface area contributed by atoms with Gasteiger partial charge in [-0.3, -0.25) is 4.79 Å². The molecule has 0 spiro atoms. The zero-order valence-corrected chi connectivity index (χ0v) is 17.0. The molecule has 26 heavy (non-hydrogen) atoms. The van der Waals surface area contributed by atoms with Gasteiger partial charge in [-0.15, -0.1) is 0 Å². The zero-order valence-electron chi connectivity index (χ0n) is 14.6. The van der Waals surface area contributed by atoms with Gasteiger partial charge in [-0.25, -0.2) is 8.42 Å². The number of hydrogen-bond acceptors (Lipinski definition) is 5. The van der Waals surface area contributed by atoms with Crippen LogP contribution in [0.25, 0.3) is 0 Å². The molecule has 144 valence electrons. The van der Waals surface area contributed by atoms with Gasteiger partial charge in [0.2, 0.25) is 15.9 Å². The Bertz CT molecular complexity index is 746. The van der Waals surface area contributed by atoms with Crippen molar-refractivity contribution in [2.75, 3.05) is 49.5 Å². The molecule has 0 unspecified atom stereocenters. The average Bonchev–Trinajstić information content (AvgIpc) is 3.18. The van der Waals surface area contributed by atoms with E-state index in [1.807, 2.05) is 11.8 Å². The van der Waals surface area contributed by atoms with E-state index in [-0.39, 0.29) is 10.8 Å². The van der Waals surface area contributed by atoms with Crippen LogP contribution in [0.5, 0.6) is 0 Å². The molecule has 0 saturated carbocycles. The number of benzene rings is 1. The molecular formula is C17H24ClN3O3S2. The molecule has 2 heterocycles. The smallest absolute Gasteiger partial charge is 0.243 e. The fraction of sp³-hybridized carbons (Fsp3) is 0.588. The molecule has 0 aromatic heterocycles. The summed E-state index contributed by atoms with van der Waals surface area (Å²) >= 11 is 8.09. The third-order valence-corrected chi connectivity index (χ3v) is 7.84. The molecule has 1 aromatic carbocycles. The number of nitrogens with zero attached hydrogens (tertiary/aromatic N) is 2. The maximum absolute atomic E-state index is 12.7. The van der Waals surface area contributed by atoms with E-state index in [9.17, 15) is 13.2 Å². The largest absolute Gasteiger partial charge is 0.325 e. The Kier molecular flexibility index (Phi) is 6.85.